The molecule has 1 aromatic heterocycles. The number of hydrogen-bond donors (Lipinski definition) is 2. The molecule has 0 unspecified atom stereocenters. The number of furan rings is 1. The summed E-state index contributed by atoms with van der Waals surface area (Å²) in [5.74, 6) is -0.978. The first-order chi connectivity index (χ1) is 16.7. The molecule has 0 spiro atoms. The highest BCUT2D eigenvalue weighted by atomic mass is 32.2. The van der Waals surface area contributed by atoms with E-state index in [9.17, 15) is 28.1 Å². The van der Waals surface area contributed by atoms with E-state index in [4.69, 9.17) is 13.9 Å². The highest BCUT2D eigenvalue weighted by molar-refractivity contribution is 7.89. The fraction of sp³-hybridized carbons (Fsp3) is 0.182. The number of nitrogens with zero attached hydrogens (tertiary/aromatic N) is 1. The Kier molecular flexibility index (Phi) is 8.17. The number of carbonyl (C=O) groups is 2. The first kappa shape index (κ1) is 25.4. The van der Waals surface area contributed by atoms with Crippen LogP contribution in [0.5, 0.6) is 5.75 Å². The van der Waals surface area contributed by atoms with Gasteiger partial charge in [0.15, 0.2) is 6.61 Å². The van der Waals surface area contributed by atoms with Gasteiger partial charge in [-0.15, -0.1) is 0 Å². The molecule has 0 aliphatic carbocycles. The lowest BCUT2D eigenvalue weighted by Crippen LogP contribution is -2.23. The van der Waals surface area contributed by atoms with E-state index in [1.165, 1.54) is 48.7 Å². The Hall–Kier alpha value is -4.23. The molecule has 0 radical (unpaired) electrons. The van der Waals surface area contributed by atoms with Gasteiger partial charge in [0.2, 0.25) is 10.0 Å². The van der Waals surface area contributed by atoms with Crippen LogP contribution in [0.3, 0.4) is 0 Å². The van der Waals surface area contributed by atoms with Crippen LogP contribution in [0.15, 0.2) is 70.2 Å². The molecule has 1 heterocycles. The van der Waals surface area contributed by atoms with Crippen molar-refractivity contribution in [2.45, 2.75) is 18.4 Å². The molecule has 3 aromatic rings. The van der Waals surface area contributed by atoms with Crippen molar-refractivity contribution in [2.24, 2.45) is 0 Å². The molecule has 0 aliphatic heterocycles. The minimum absolute atomic E-state index is 0.00910. The summed E-state index contributed by atoms with van der Waals surface area (Å²) in [6.45, 7) is 1.28. The summed E-state index contributed by atoms with van der Waals surface area (Å²) in [7, 11) is -3.85. The van der Waals surface area contributed by atoms with Gasteiger partial charge in [0.25, 0.3) is 11.6 Å². The second-order valence-electron chi connectivity index (χ2n) is 6.92. The normalized spacial score (nSPS) is 11.0. The number of amides is 1. The second kappa shape index (κ2) is 11.3. The summed E-state index contributed by atoms with van der Waals surface area (Å²) in [5.41, 5.74) is -0.459. The molecule has 13 heteroatoms. The third-order valence-corrected chi connectivity index (χ3v) is 5.92. The number of esters is 1. The standard InChI is InChI=1S/C22H21N3O9S/c1-2-32-16-7-10-19(20(12-16)25(28)29)24-21(26)14-34-22(27)15-5-8-18(9-6-15)35(30,31)23-13-17-4-3-11-33-17/h3-12,23H,2,13-14H2,1H3,(H,24,26). The highest BCUT2D eigenvalue weighted by Gasteiger charge is 2.19. The Morgan fingerprint density at radius 1 is 1.11 bits per heavy atom. The summed E-state index contributed by atoms with van der Waals surface area (Å²) >= 11 is 0. The number of sulfonamides is 1. The van der Waals surface area contributed by atoms with Crippen LogP contribution in [-0.2, 0) is 26.1 Å². The van der Waals surface area contributed by atoms with Gasteiger partial charge in [0, 0.05) is 0 Å². The SMILES string of the molecule is CCOc1ccc(NC(=O)COC(=O)c2ccc(S(=O)(=O)NCc3ccco3)cc2)c([N+](=O)[O-])c1. The molecule has 0 bridgehead atoms. The maximum atomic E-state index is 12.4. The van der Waals surface area contributed by atoms with Crippen molar-refractivity contribution in [1.29, 1.82) is 0 Å². The van der Waals surface area contributed by atoms with Gasteiger partial charge in [-0.1, -0.05) is 0 Å². The van der Waals surface area contributed by atoms with E-state index < -0.39 is 33.4 Å². The average Bonchev–Trinajstić information content (AvgIpc) is 3.36. The molecule has 12 nitrogen and oxygen atoms in total. The van der Waals surface area contributed by atoms with Crippen molar-refractivity contribution >= 4 is 33.3 Å². The Balaban J connectivity index is 1.56. The molecule has 2 aromatic carbocycles. The molecular formula is C22H21N3O9S. The van der Waals surface area contributed by atoms with Gasteiger partial charge in [-0.3, -0.25) is 14.9 Å². The maximum absolute atomic E-state index is 12.4. The smallest absolute Gasteiger partial charge is 0.338 e. The predicted molar refractivity (Wildman–Crippen MR) is 122 cm³/mol. The molecule has 2 N–H and O–H groups in total. The van der Waals surface area contributed by atoms with Crippen molar-refractivity contribution in [2.75, 3.05) is 18.5 Å². The monoisotopic (exact) mass is 503 g/mol. The summed E-state index contributed by atoms with van der Waals surface area (Å²) in [6.07, 6.45) is 1.42. The predicted octanol–water partition coefficient (Wildman–Crippen LogP) is 2.86. The molecular weight excluding hydrogens is 482 g/mol. The lowest BCUT2D eigenvalue weighted by molar-refractivity contribution is -0.384. The number of nitro benzene ring substituents is 1. The molecule has 0 fully saturated rings. The first-order valence-corrected chi connectivity index (χ1v) is 11.7. The van der Waals surface area contributed by atoms with Crippen molar-refractivity contribution in [1.82, 2.24) is 4.72 Å². The Morgan fingerprint density at radius 3 is 2.49 bits per heavy atom. The minimum Gasteiger partial charge on any atom is -0.494 e. The third-order valence-electron chi connectivity index (χ3n) is 4.50. The minimum atomic E-state index is -3.85. The van der Waals surface area contributed by atoms with E-state index in [0.29, 0.717) is 12.4 Å². The van der Waals surface area contributed by atoms with Crippen LogP contribution in [0.1, 0.15) is 23.0 Å². The molecule has 0 atom stereocenters. The van der Waals surface area contributed by atoms with Gasteiger partial charge in [-0.05, 0) is 55.5 Å². The van der Waals surface area contributed by atoms with Crippen molar-refractivity contribution in [3.8, 4) is 5.75 Å². The zero-order chi connectivity index (χ0) is 25.4. The fourth-order valence-corrected chi connectivity index (χ4v) is 3.85. The number of nitrogens with one attached hydrogen (secondary N) is 2. The van der Waals surface area contributed by atoms with E-state index in [1.807, 2.05) is 0 Å². The average molecular weight is 503 g/mol. The Morgan fingerprint density at radius 2 is 1.86 bits per heavy atom. The quantitative estimate of drug-likeness (QED) is 0.227. The summed E-state index contributed by atoms with van der Waals surface area (Å²) in [5, 5.41) is 13.6. The van der Waals surface area contributed by atoms with Crippen molar-refractivity contribution in [3.63, 3.8) is 0 Å². The van der Waals surface area contributed by atoms with E-state index in [-0.39, 0.29) is 34.1 Å². The summed E-state index contributed by atoms with van der Waals surface area (Å²) in [4.78, 5) is 34.9. The zero-order valence-electron chi connectivity index (χ0n) is 18.4. The second-order valence-corrected chi connectivity index (χ2v) is 8.69. The number of anilines is 1. The van der Waals surface area contributed by atoms with Gasteiger partial charge in [-0.2, -0.15) is 0 Å². The topological polar surface area (TPSA) is 167 Å². The van der Waals surface area contributed by atoms with Gasteiger partial charge in [-0.25, -0.2) is 17.9 Å². The van der Waals surface area contributed by atoms with Crippen LogP contribution in [0.25, 0.3) is 0 Å². The number of hydrogen-bond acceptors (Lipinski definition) is 9. The lowest BCUT2D eigenvalue weighted by atomic mass is 10.2. The van der Waals surface area contributed by atoms with Crippen LogP contribution in [-0.4, -0.2) is 38.4 Å². The van der Waals surface area contributed by atoms with Crippen LogP contribution >= 0.6 is 0 Å². The number of nitro groups is 1. The highest BCUT2D eigenvalue weighted by Crippen LogP contribution is 2.29. The van der Waals surface area contributed by atoms with Gasteiger partial charge >= 0.3 is 5.97 Å². The van der Waals surface area contributed by atoms with E-state index in [2.05, 4.69) is 10.0 Å². The van der Waals surface area contributed by atoms with Crippen LogP contribution in [0.2, 0.25) is 0 Å². The van der Waals surface area contributed by atoms with Crippen LogP contribution in [0.4, 0.5) is 11.4 Å². The van der Waals surface area contributed by atoms with Gasteiger partial charge in [0.1, 0.15) is 17.2 Å². The van der Waals surface area contributed by atoms with E-state index in [1.54, 1.807) is 19.1 Å². The Bertz CT molecular complexity index is 1300. The molecule has 3 rings (SSSR count). The van der Waals surface area contributed by atoms with Crippen LogP contribution < -0.4 is 14.8 Å². The Labute approximate surface area is 200 Å². The number of rotatable bonds is 11. The molecule has 0 aliphatic rings. The van der Waals surface area contributed by atoms with Crippen LogP contribution in [0, 0.1) is 10.1 Å². The first-order valence-electron chi connectivity index (χ1n) is 10.2. The number of carbonyl (C=O) groups excluding carboxylic acids is 2. The van der Waals surface area contributed by atoms with Gasteiger partial charge < -0.3 is 19.2 Å². The lowest BCUT2D eigenvalue weighted by Gasteiger charge is -2.09. The van der Waals surface area contributed by atoms with Crippen molar-refractivity contribution in [3.05, 3.63) is 82.3 Å². The third kappa shape index (κ3) is 6.88. The number of ether oxygens (including phenoxy) is 2. The van der Waals surface area contributed by atoms with Crippen molar-refractivity contribution < 1.29 is 36.8 Å². The molecule has 184 valence electrons. The summed E-state index contributed by atoms with van der Waals surface area (Å²) < 4.78 is 42.3. The van der Waals surface area contributed by atoms with E-state index in [0.717, 1.165) is 0 Å². The largest absolute Gasteiger partial charge is 0.494 e. The molecule has 35 heavy (non-hydrogen) atoms. The summed E-state index contributed by atoms with van der Waals surface area (Å²) in [6, 6.07) is 12.1. The maximum Gasteiger partial charge on any atom is 0.338 e. The van der Waals surface area contributed by atoms with E-state index >= 15 is 0 Å². The molecule has 0 saturated carbocycles. The van der Waals surface area contributed by atoms with Gasteiger partial charge in [0.05, 0.1) is 40.9 Å². The molecule has 1 amide bonds. The number of benzene rings is 2. The zero-order valence-corrected chi connectivity index (χ0v) is 19.2. The fourth-order valence-electron chi connectivity index (χ4n) is 2.86. The molecule has 0 saturated heterocycles.